The van der Waals surface area contributed by atoms with Crippen LogP contribution in [0.25, 0.3) is 12.2 Å². The van der Waals surface area contributed by atoms with Crippen LogP contribution in [0.5, 0.6) is 0 Å². The van der Waals surface area contributed by atoms with E-state index >= 15 is 5.33 Å². The molecule has 2 aromatic carbocycles. The standard InChI is InChI=1S/2C10H9.C2H4.2FH.Hf/c2*1-8-6-9-4-2-3-5-10(9)7-8;1-2;;;/h2*2-7H,1H3;1H,2H3;2*1H;/q;;;;;+2/p-2. The van der Waals surface area contributed by atoms with Crippen LogP contribution in [0.4, 0.5) is 5.33 Å². The number of rotatable bonds is 2. The molecule has 2 atom stereocenters. The van der Waals surface area contributed by atoms with Gasteiger partial charge in [-0.15, -0.1) is 0 Å². The van der Waals surface area contributed by atoms with Gasteiger partial charge in [-0.05, 0) is 0 Å². The average molecular weight is 503 g/mol. The Morgan fingerprint density at radius 2 is 1.16 bits per heavy atom. The van der Waals surface area contributed by atoms with Gasteiger partial charge in [-0.2, -0.15) is 0 Å². The Bertz CT molecular complexity index is 931. The number of fused-ring (bicyclic) bond motifs is 2. The Balaban J connectivity index is 1.99. The zero-order valence-corrected chi connectivity index (χ0v) is 18.4. The van der Waals surface area contributed by atoms with Crippen molar-refractivity contribution < 1.29 is 24.6 Å². The van der Waals surface area contributed by atoms with E-state index < -0.39 is 26.6 Å². The van der Waals surface area contributed by atoms with Gasteiger partial charge in [-0.3, -0.25) is 0 Å². The number of allylic oxidation sites excluding steroid dienone is 2. The first-order valence-electron chi connectivity index (χ1n) is 8.79. The SMILES string of the molecule is C[CH]=[Hf]([F])([F])([CH]1C(C)=Cc2ccccc21)[CH]1C(C)=Cc2ccccc21. The molecule has 25 heavy (non-hydrogen) atoms. The van der Waals surface area contributed by atoms with Crippen molar-refractivity contribution in [1.82, 2.24) is 0 Å². The van der Waals surface area contributed by atoms with Crippen LogP contribution in [0.3, 0.4) is 0 Å². The van der Waals surface area contributed by atoms with Crippen molar-refractivity contribution in [2.45, 2.75) is 28.1 Å². The van der Waals surface area contributed by atoms with E-state index in [1.54, 1.807) is 6.92 Å². The fraction of sp³-hybridized carbons (Fsp3) is 0.227. The first-order valence-corrected chi connectivity index (χ1v) is 17.7. The summed E-state index contributed by atoms with van der Waals surface area (Å²) in [6, 6.07) is 15.3. The van der Waals surface area contributed by atoms with Crippen LogP contribution in [0, 0.1) is 0 Å². The molecule has 128 valence electrons. The monoisotopic (exact) mass is 504 g/mol. The zero-order chi connectivity index (χ0) is 17.8. The molecule has 0 saturated carbocycles. The molecule has 0 amide bonds. The van der Waals surface area contributed by atoms with Crippen molar-refractivity contribution in [3.8, 4) is 0 Å². The number of hydrogen-bond donors (Lipinski definition) is 0. The molecule has 2 aromatic rings. The van der Waals surface area contributed by atoms with E-state index in [0.29, 0.717) is 0 Å². The van der Waals surface area contributed by atoms with E-state index in [1.807, 2.05) is 74.5 Å². The Kier molecular flexibility index (Phi) is 3.74. The summed E-state index contributed by atoms with van der Waals surface area (Å²) in [5, 5.41) is 0. The van der Waals surface area contributed by atoms with Crippen LogP contribution < -0.4 is 0 Å². The molecule has 0 nitrogen and oxygen atoms in total. The van der Waals surface area contributed by atoms with Crippen molar-refractivity contribution in [3.63, 3.8) is 0 Å². The fourth-order valence-electron chi connectivity index (χ4n) is 4.92. The minimum absolute atomic E-state index is 0.724. The van der Waals surface area contributed by atoms with Crippen molar-refractivity contribution >= 4 is 15.9 Å². The Hall–Kier alpha value is -1.48. The van der Waals surface area contributed by atoms with E-state index in [9.17, 15) is 0 Å². The number of halogens is 2. The van der Waals surface area contributed by atoms with Gasteiger partial charge in [0.25, 0.3) is 0 Å². The molecule has 0 spiro atoms. The normalized spacial score (nSPS) is 22.2. The van der Waals surface area contributed by atoms with Gasteiger partial charge in [0.2, 0.25) is 0 Å². The van der Waals surface area contributed by atoms with E-state index in [2.05, 4.69) is 0 Å². The molecule has 0 bridgehead atoms. The summed E-state index contributed by atoms with van der Waals surface area (Å²) in [6.45, 7) is 5.35. The molecule has 0 aromatic heterocycles. The third-order valence-corrected chi connectivity index (χ3v) is 23.3. The third-order valence-electron chi connectivity index (χ3n) is 5.95. The van der Waals surface area contributed by atoms with Crippen LogP contribution in [0.1, 0.15) is 50.4 Å². The molecule has 2 aliphatic carbocycles. The second-order valence-electron chi connectivity index (χ2n) is 7.42. The van der Waals surface area contributed by atoms with Gasteiger partial charge in [-0.1, -0.05) is 0 Å². The summed E-state index contributed by atoms with van der Waals surface area (Å²) < 4.78 is 33.7. The fourth-order valence-corrected chi connectivity index (χ4v) is 21.5. The molecular weight excluding hydrogens is 481 g/mol. The van der Waals surface area contributed by atoms with Crippen molar-refractivity contribution in [3.05, 3.63) is 81.9 Å². The number of hydrogen-bond acceptors (Lipinski definition) is 0. The summed E-state index contributed by atoms with van der Waals surface area (Å²) in [7, 11) is 0. The summed E-state index contributed by atoms with van der Waals surface area (Å²) in [4.78, 5) is 0. The van der Waals surface area contributed by atoms with Crippen molar-refractivity contribution in [1.29, 1.82) is 0 Å². The van der Waals surface area contributed by atoms with Gasteiger partial charge in [0.1, 0.15) is 0 Å². The first-order chi connectivity index (χ1) is 11.9. The molecule has 4 rings (SSSR count). The molecule has 3 heteroatoms. The third kappa shape index (κ3) is 2.28. The minimum atomic E-state index is -6.50. The molecule has 2 aliphatic rings. The summed E-state index contributed by atoms with van der Waals surface area (Å²) >= 11 is -6.50. The van der Waals surface area contributed by atoms with E-state index in [1.165, 1.54) is 3.76 Å². The summed E-state index contributed by atoms with van der Waals surface area (Å²) in [5.41, 5.74) is 5.18. The Labute approximate surface area is 150 Å². The van der Waals surface area contributed by atoms with Crippen LogP contribution in [0.15, 0.2) is 59.7 Å². The molecule has 0 saturated heterocycles. The van der Waals surface area contributed by atoms with Crippen LogP contribution in [-0.2, 0) is 19.2 Å². The maximum absolute atomic E-state index is 16.9. The van der Waals surface area contributed by atoms with Crippen molar-refractivity contribution in [2.75, 3.05) is 0 Å². The maximum atomic E-state index is 16.9. The zero-order valence-electron chi connectivity index (χ0n) is 14.8. The quantitative estimate of drug-likeness (QED) is 0.407. The second-order valence-corrected chi connectivity index (χ2v) is 22.4. The second kappa shape index (κ2) is 5.51. The number of benzene rings is 2. The van der Waals surface area contributed by atoms with Crippen molar-refractivity contribution in [2.24, 2.45) is 0 Å². The predicted molar refractivity (Wildman–Crippen MR) is 99.6 cm³/mol. The average Bonchev–Trinajstić information content (AvgIpc) is 3.11. The molecular formula is C22H22F2Hf. The molecule has 0 aliphatic heterocycles. The van der Waals surface area contributed by atoms with E-state index in [-0.39, 0.29) is 0 Å². The Morgan fingerprint density at radius 1 is 0.760 bits per heavy atom. The molecule has 0 N–H and O–H groups in total. The van der Waals surface area contributed by atoms with Crippen LogP contribution in [0.2, 0.25) is 0 Å². The van der Waals surface area contributed by atoms with Crippen LogP contribution >= 0.6 is 0 Å². The topological polar surface area (TPSA) is 0 Å². The van der Waals surface area contributed by atoms with E-state index in [4.69, 9.17) is 0 Å². The van der Waals surface area contributed by atoms with Gasteiger partial charge in [0, 0.05) is 0 Å². The molecule has 0 heterocycles. The molecule has 0 radical (unpaired) electrons. The van der Waals surface area contributed by atoms with Crippen LogP contribution in [-0.4, -0.2) is 3.76 Å². The molecule has 0 fully saturated rings. The predicted octanol–water partition coefficient (Wildman–Crippen LogP) is 6.58. The van der Waals surface area contributed by atoms with E-state index in [0.717, 1.165) is 33.4 Å². The molecule has 2 unspecified atom stereocenters. The Morgan fingerprint density at radius 3 is 1.56 bits per heavy atom. The summed E-state index contributed by atoms with van der Waals surface area (Å²) in [6.07, 6.45) is 3.91. The van der Waals surface area contributed by atoms with Gasteiger partial charge in [0.15, 0.2) is 0 Å². The first kappa shape index (κ1) is 17.0. The van der Waals surface area contributed by atoms with Gasteiger partial charge >= 0.3 is 151 Å². The summed E-state index contributed by atoms with van der Waals surface area (Å²) in [5.74, 6) is 0. The van der Waals surface area contributed by atoms with Gasteiger partial charge < -0.3 is 0 Å². The van der Waals surface area contributed by atoms with Gasteiger partial charge in [-0.25, -0.2) is 0 Å². The van der Waals surface area contributed by atoms with Gasteiger partial charge in [0.05, 0.1) is 0 Å².